The van der Waals surface area contributed by atoms with Crippen LogP contribution in [-0.2, 0) is 0 Å². The van der Waals surface area contributed by atoms with Crippen molar-refractivity contribution in [3.8, 4) is 0 Å². The van der Waals surface area contributed by atoms with E-state index in [1.165, 1.54) is 12.1 Å². The highest BCUT2D eigenvalue weighted by Gasteiger charge is 2.29. The molecule has 7 heteroatoms. The molecule has 0 saturated carbocycles. The summed E-state index contributed by atoms with van der Waals surface area (Å²) in [6.45, 7) is 1.11. The summed E-state index contributed by atoms with van der Waals surface area (Å²) in [6, 6.07) is 4.45. The van der Waals surface area contributed by atoms with Gasteiger partial charge < -0.3 is 15.3 Å². The van der Waals surface area contributed by atoms with Crippen LogP contribution in [0.2, 0.25) is 0 Å². The second-order valence-electron chi connectivity index (χ2n) is 4.80. The molecule has 108 valence electrons. The molecule has 7 nitrogen and oxygen atoms in total. The first kappa shape index (κ1) is 14.3. The largest absolute Gasteiger partial charge is 0.396 e. The highest BCUT2D eigenvalue weighted by atomic mass is 16.6. The van der Waals surface area contributed by atoms with Crippen molar-refractivity contribution in [3.05, 3.63) is 33.9 Å². The number of benzene rings is 1. The Hall–Kier alpha value is -2.15. The summed E-state index contributed by atoms with van der Waals surface area (Å²) >= 11 is 0. The molecule has 2 rings (SSSR count). The van der Waals surface area contributed by atoms with Gasteiger partial charge in [-0.3, -0.25) is 14.9 Å². The second kappa shape index (κ2) is 5.87. The van der Waals surface area contributed by atoms with Crippen LogP contribution in [0, 0.1) is 16.0 Å². The predicted octanol–water partition coefficient (Wildman–Crippen LogP) is 1.09. The van der Waals surface area contributed by atoms with Crippen molar-refractivity contribution in [2.45, 2.75) is 6.42 Å². The van der Waals surface area contributed by atoms with Crippen LogP contribution in [0.25, 0.3) is 0 Å². The smallest absolute Gasteiger partial charge is 0.293 e. The molecule has 0 spiro atoms. The number of para-hydroxylation sites is 1. The van der Waals surface area contributed by atoms with Crippen molar-refractivity contribution in [1.29, 1.82) is 0 Å². The number of nitro groups is 1. The van der Waals surface area contributed by atoms with E-state index in [1.54, 1.807) is 18.0 Å². The van der Waals surface area contributed by atoms with Gasteiger partial charge in [0.2, 0.25) is 0 Å². The van der Waals surface area contributed by atoms with Gasteiger partial charge in [0.15, 0.2) is 0 Å². The molecule has 1 saturated heterocycles. The van der Waals surface area contributed by atoms with Crippen molar-refractivity contribution in [1.82, 2.24) is 4.90 Å². The van der Waals surface area contributed by atoms with E-state index in [-0.39, 0.29) is 29.8 Å². The van der Waals surface area contributed by atoms with Crippen molar-refractivity contribution >= 4 is 17.3 Å². The molecule has 20 heavy (non-hydrogen) atoms. The quantitative estimate of drug-likeness (QED) is 0.635. The number of rotatable bonds is 4. The number of aliphatic hydroxyl groups is 1. The van der Waals surface area contributed by atoms with Crippen molar-refractivity contribution in [2.75, 3.05) is 32.1 Å². The molecule has 1 heterocycles. The van der Waals surface area contributed by atoms with Crippen LogP contribution in [0.15, 0.2) is 18.2 Å². The van der Waals surface area contributed by atoms with E-state index in [0.717, 1.165) is 6.42 Å². The van der Waals surface area contributed by atoms with Gasteiger partial charge in [-0.1, -0.05) is 6.07 Å². The summed E-state index contributed by atoms with van der Waals surface area (Å²) in [4.78, 5) is 24.5. The minimum absolute atomic E-state index is 0.0532. The van der Waals surface area contributed by atoms with Crippen LogP contribution in [0.3, 0.4) is 0 Å². The Morgan fingerprint density at radius 2 is 2.35 bits per heavy atom. The van der Waals surface area contributed by atoms with Crippen molar-refractivity contribution in [3.63, 3.8) is 0 Å². The minimum Gasteiger partial charge on any atom is -0.396 e. The van der Waals surface area contributed by atoms with Gasteiger partial charge in [0.05, 0.1) is 10.5 Å². The normalized spacial score (nSPS) is 18.1. The number of carbonyl (C=O) groups is 1. The number of likely N-dealkylation sites (tertiary alicyclic amines) is 1. The number of aliphatic hydroxyl groups excluding tert-OH is 1. The van der Waals surface area contributed by atoms with Gasteiger partial charge in [-0.25, -0.2) is 0 Å². The average Bonchev–Trinajstić information content (AvgIpc) is 2.94. The molecule has 1 aliphatic rings. The van der Waals surface area contributed by atoms with Gasteiger partial charge in [0.25, 0.3) is 11.6 Å². The Balaban J connectivity index is 2.31. The maximum Gasteiger partial charge on any atom is 0.293 e. The number of nitrogens with zero attached hydrogens (tertiary/aromatic N) is 2. The fourth-order valence-corrected chi connectivity index (χ4v) is 2.47. The fraction of sp³-hybridized carbons (Fsp3) is 0.462. The van der Waals surface area contributed by atoms with Crippen LogP contribution < -0.4 is 5.32 Å². The molecule has 1 unspecified atom stereocenters. The summed E-state index contributed by atoms with van der Waals surface area (Å²) in [5.74, 6) is -0.148. The number of hydrogen-bond acceptors (Lipinski definition) is 5. The molecule has 0 radical (unpaired) electrons. The van der Waals surface area contributed by atoms with E-state index in [4.69, 9.17) is 5.11 Å². The third kappa shape index (κ3) is 2.57. The zero-order chi connectivity index (χ0) is 14.7. The standard InChI is InChI=1S/C13H17N3O4/c1-14-12-10(3-2-4-11(12)16(19)20)13(18)15-6-5-9(7-15)8-17/h2-4,9,14,17H,5-8H2,1H3. The Morgan fingerprint density at radius 1 is 1.60 bits per heavy atom. The average molecular weight is 279 g/mol. The zero-order valence-electron chi connectivity index (χ0n) is 11.2. The molecule has 1 aromatic rings. The summed E-state index contributed by atoms with van der Waals surface area (Å²) in [5.41, 5.74) is 0.409. The first-order valence-electron chi connectivity index (χ1n) is 6.43. The lowest BCUT2D eigenvalue weighted by atomic mass is 10.1. The highest BCUT2D eigenvalue weighted by Crippen LogP contribution is 2.30. The molecule has 0 aromatic heterocycles. The monoisotopic (exact) mass is 279 g/mol. The molecule has 1 atom stereocenters. The van der Waals surface area contributed by atoms with Crippen LogP contribution in [-0.4, -0.2) is 47.6 Å². The highest BCUT2D eigenvalue weighted by molar-refractivity contribution is 6.01. The van der Waals surface area contributed by atoms with Gasteiger partial charge >= 0.3 is 0 Å². The third-order valence-electron chi connectivity index (χ3n) is 3.55. The minimum atomic E-state index is -0.511. The van der Waals surface area contributed by atoms with E-state index in [1.807, 2.05) is 0 Å². The van der Waals surface area contributed by atoms with E-state index in [0.29, 0.717) is 18.7 Å². The van der Waals surface area contributed by atoms with Crippen molar-refractivity contribution in [2.24, 2.45) is 5.92 Å². The number of carbonyl (C=O) groups excluding carboxylic acids is 1. The fourth-order valence-electron chi connectivity index (χ4n) is 2.47. The molecule has 1 amide bonds. The maximum absolute atomic E-state index is 12.4. The molecule has 2 N–H and O–H groups in total. The van der Waals surface area contributed by atoms with Gasteiger partial charge in [0, 0.05) is 38.7 Å². The molecular formula is C13H17N3O4. The number of hydrogen-bond donors (Lipinski definition) is 2. The summed E-state index contributed by atoms with van der Waals surface area (Å²) in [7, 11) is 1.56. The SMILES string of the molecule is CNc1c(C(=O)N2CCC(CO)C2)cccc1[N+](=O)[O-]. The molecule has 1 aliphatic heterocycles. The molecule has 1 aromatic carbocycles. The van der Waals surface area contributed by atoms with E-state index in [2.05, 4.69) is 5.32 Å². The van der Waals surface area contributed by atoms with Crippen LogP contribution in [0.4, 0.5) is 11.4 Å². The lowest BCUT2D eigenvalue weighted by Crippen LogP contribution is -2.29. The molecular weight excluding hydrogens is 262 g/mol. The number of nitro benzene ring substituents is 1. The Bertz CT molecular complexity index is 532. The number of amides is 1. The topological polar surface area (TPSA) is 95.7 Å². The Labute approximate surface area is 116 Å². The first-order valence-corrected chi connectivity index (χ1v) is 6.43. The Morgan fingerprint density at radius 3 is 2.90 bits per heavy atom. The number of anilines is 1. The molecule has 0 bridgehead atoms. The third-order valence-corrected chi connectivity index (χ3v) is 3.55. The zero-order valence-corrected chi connectivity index (χ0v) is 11.2. The van der Waals surface area contributed by atoms with E-state index >= 15 is 0 Å². The van der Waals surface area contributed by atoms with Gasteiger partial charge in [-0.05, 0) is 12.5 Å². The number of nitrogens with one attached hydrogen (secondary N) is 1. The van der Waals surface area contributed by atoms with Gasteiger partial charge in [-0.2, -0.15) is 0 Å². The van der Waals surface area contributed by atoms with Gasteiger partial charge in [-0.15, -0.1) is 0 Å². The van der Waals surface area contributed by atoms with Crippen LogP contribution in [0.1, 0.15) is 16.8 Å². The van der Waals surface area contributed by atoms with Crippen molar-refractivity contribution < 1.29 is 14.8 Å². The maximum atomic E-state index is 12.4. The van der Waals surface area contributed by atoms with E-state index < -0.39 is 4.92 Å². The summed E-state index contributed by atoms with van der Waals surface area (Å²) in [6.07, 6.45) is 0.756. The summed E-state index contributed by atoms with van der Waals surface area (Å²) < 4.78 is 0. The molecule has 0 aliphatic carbocycles. The lowest BCUT2D eigenvalue weighted by molar-refractivity contribution is -0.384. The predicted molar refractivity (Wildman–Crippen MR) is 73.7 cm³/mol. The Kier molecular flexibility index (Phi) is 4.19. The summed E-state index contributed by atoms with van der Waals surface area (Å²) in [5, 5.41) is 22.8. The molecule has 1 fully saturated rings. The van der Waals surface area contributed by atoms with Gasteiger partial charge in [0.1, 0.15) is 5.69 Å². The second-order valence-corrected chi connectivity index (χ2v) is 4.80. The first-order chi connectivity index (χ1) is 9.58. The lowest BCUT2D eigenvalue weighted by Gasteiger charge is -2.18. The van der Waals surface area contributed by atoms with E-state index in [9.17, 15) is 14.9 Å². The van der Waals surface area contributed by atoms with Crippen LogP contribution in [0.5, 0.6) is 0 Å². The van der Waals surface area contributed by atoms with Crippen LogP contribution >= 0.6 is 0 Å².